The number of morpholine rings is 1. The first kappa shape index (κ1) is 25.2. The van der Waals surface area contributed by atoms with Crippen LogP contribution < -0.4 is 15.5 Å². The normalized spacial score (nSPS) is 23.0. The van der Waals surface area contributed by atoms with Crippen LogP contribution in [0.5, 0.6) is 0 Å². The maximum Gasteiger partial charge on any atom is 0.416 e. The Kier molecular flexibility index (Phi) is 7.50. The summed E-state index contributed by atoms with van der Waals surface area (Å²) in [6, 6.07) is 5.18. The second-order valence-corrected chi connectivity index (χ2v) is 9.28. The molecule has 2 aliphatic rings. The first-order valence-corrected chi connectivity index (χ1v) is 11.6. The van der Waals surface area contributed by atoms with E-state index in [1.165, 1.54) is 6.07 Å². The molecule has 8 nitrogen and oxygen atoms in total. The first-order chi connectivity index (χ1) is 16.6. The number of rotatable bonds is 6. The van der Waals surface area contributed by atoms with Gasteiger partial charge in [-0.3, -0.25) is 0 Å². The molecule has 12 heteroatoms. The fourth-order valence-corrected chi connectivity index (χ4v) is 4.40. The van der Waals surface area contributed by atoms with Gasteiger partial charge in [0.15, 0.2) is 11.6 Å². The number of aromatic nitrogens is 2. The topological polar surface area (TPSA) is 87.0 Å². The Hall–Kier alpha value is -2.86. The van der Waals surface area contributed by atoms with Crippen molar-refractivity contribution in [3.05, 3.63) is 41.8 Å². The van der Waals surface area contributed by atoms with Gasteiger partial charge in [-0.05, 0) is 44.9 Å². The molecule has 2 aliphatic heterocycles. The van der Waals surface area contributed by atoms with Crippen LogP contribution in [-0.2, 0) is 10.9 Å². The summed E-state index contributed by atoms with van der Waals surface area (Å²) in [5.41, 5.74) is -0.646. The lowest BCUT2D eigenvalue weighted by atomic mass is 9.84. The Labute approximate surface area is 201 Å². The van der Waals surface area contributed by atoms with Gasteiger partial charge < -0.3 is 20.3 Å². The second kappa shape index (κ2) is 10.4. The Morgan fingerprint density at radius 1 is 1.23 bits per heavy atom. The van der Waals surface area contributed by atoms with Crippen LogP contribution in [0, 0.1) is 5.82 Å². The molecule has 0 amide bonds. The summed E-state index contributed by atoms with van der Waals surface area (Å²) in [6.45, 7) is 6.47. The summed E-state index contributed by atoms with van der Waals surface area (Å²) < 4.78 is 58.6. The number of nitrogens with one attached hydrogen (secondary N) is 2. The summed E-state index contributed by atoms with van der Waals surface area (Å²) in [7, 11) is 0. The van der Waals surface area contributed by atoms with Gasteiger partial charge in [-0.25, -0.2) is 9.37 Å². The molecular formula is C23H29F4N7O. The van der Waals surface area contributed by atoms with Crippen molar-refractivity contribution in [1.82, 2.24) is 15.3 Å². The molecule has 3 heterocycles. The lowest BCUT2D eigenvalue weighted by Gasteiger charge is -2.44. The molecule has 0 bridgehead atoms. The number of azo groups is 1. The highest BCUT2D eigenvalue weighted by atomic mass is 19.4. The first-order valence-electron chi connectivity index (χ1n) is 11.6. The van der Waals surface area contributed by atoms with Crippen molar-refractivity contribution in [2.45, 2.75) is 50.5 Å². The molecule has 0 saturated carbocycles. The molecule has 2 unspecified atom stereocenters. The molecule has 4 rings (SSSR count). The zero-order chi connectivity index (χ0) is 25.1. The molecular weight excluding hydrogens is 466 g/mol. The Bertz CT molecular complexity index is 1040. The number of hydrogen-bond acceptors (Lipinski definition) is 8. The van der Waals surface area contributed by atoms with Crippen LogP contribution in [0.3, 0.4) is 0 Å². The van der Waals surface area contributed by atoms with Crippen LogP contribution in [0.4, 0.5) is 35.0 Å². The Balaban J connectivity index is 1.34. The van der Waals surface area contributed by atoms with E-state index in [0.29, 0.717) is 38.5 Å². The van der Waals surface area contributed by atoms with E-state index in [0.717, 1.165) is 31.2 Å². The number of nitrogens with zero attached hydrogens (tertiary/aromatic N) is 5. The van der Waals surface area contributed by atoms with Crippen molar-refractivity contribution in [2.75, 3.05) is 43.1 Å². The molecule has 35 heavy (non-hydrogen) atoms. The third-order valence-electron chi connectivity index (χ3n) is 6.27. The predicted molar refractivity (Wildman–Crippen MR) is 123 cm³/mol. The fraction of sp³-hybridized carbons (Fsp3) is 0.565. The molecule has 0 radical (unpaired) electrons. The van der Waals surface area contributed by atoms with Gasteiger partial charge >= 0.3 is 6.18 Å². The molecule has 0 aliphatic carbocycles. The highest BCUT2D eigenvalue weighted by Gasteiger charge is 2.37. The van der Waals surface area contributed by atoms with Crippen molar-refractivity contribution >= 4 is 17.5 Å². The van der Waals surface area contributed by atoms with E-state index in [4.69, 9.17) is 4.74 Å². The smallest absolute Gasteiger partial charge is 0.380 e. The average molecular weight is 496 g/mol. The minimum atomic E-state index is -4.38. The highest BCUT2D eigenvalue weighted by Crippen LogP contribution is 2.32. The lowest BCUT2D eigenvalue weighted by Crippen LogP contribution is -2.61. The number of anilines is 2. The van der Waals surface area contributed by atoms with Gasteiger partial charge in [0.05, 0.1) is 31.5 Å². The predicted octanol–water partition coefficient (Wildman–Crippen LogP) is 4.57. The quantitative estimate of drug-likeness (QED) is 0.451. The molecule has 190 valence electrons. The van der Waals surface area contributed by atoms with Crippen LogP contribution in [0.1, 0.15) is 32.3 Å². The van der Waals surface area contributed by atoms with Crippen LogP contribution in [0.25, 0.3) is 0 Å². The minimum Gasteiger partial charge on any atom is -0.380 e. The maximum absolute atomic E-state index is 14.2. The summed E-state index contributed by atoms with van der Waals surface area (Å²) >= 11 is 0. The van der Waals surface area contributed by atoms with Crippen molar-refractivity contribution in [3.8, 4) is 0 Å². The highest BCUT2D eigenvalue weighted by molar-refractivity contribution is 5.48. The van der Waals surface area contributed by atoms with Crippen molar-refractivity contribution in [3.63, 3.8) is 0 Å². The van der Waals surface area contributed by atoms with Gasteiger partial charge in [0.1, 0.15) is 0 Å². The zero-order valence-electron chi connectivity index (χ0n) is 19.6. The van der Waals surface area contributed by atoms with Crippen LogP contribution in [0.15, 0.2) is 40.7 Å². The van der Waals surface area contributed by atoms with Crippen molar-refractivity contribution in [1.29, 1.82) is 0 Å². The van der Waals surface area contributed by atoms with Crippen molar-refractivity contribution in [2.24, 2.45) is 10.2 Å². The molecule has 2 aromatic rings. The van der Waals surface area contributed by atoms with Crippen LogP contribution in [-0.4, -0.2) is 60.4 Å². The van der Waals surface area contributed by atoms with Crippen LogP contribution >= 0.6 is 0 Å². The van der Waals surface area contributed by atoms with E-state index in [1.54, 1.807) is 11.0 Å². The fourth-order valence-electron chi connectivity index (χ4n) is 4.40. The molecule has 2 atom stereocenters. The van der Waals surface area contributed by atoms with Gasteiger partial charge in [0.2, 0.25) is 0 Å². The molecule has 1 aromatic carbocycles. The minimum absolute atomic E-state index is 0.0208. The standard InChI is InChI=1S/C23H29F4N7O/c1-22(2)19(30-16-5-3-4-15(12-16)23(25,26)27)7-6-17(32-22)13-29-33-21-28-14-18(24)20(31-21)34-8-10-35-11-9-34/h3-5,12,14,17,19,30,32H,6-11,13H2,1-2H3. The molecule has 2 N–H and O–H groups in total. The largest absolute Gasteiger partial charge is 0.416 e. The average Bonchev–Trinajstić information content (AvgIpc) is 2.82. The zero-order valence-corrected chi connectivity index (χ0v) is 19.6. The summed E-state index contributed by atoms with van der Waals surface area (Å²) in [5, 5.41) is 15.0. The van der Waals surface area contributed by atoms with E-state index in [-0.39, 0.29) is 23.8 Å². The Morgan fingerprint density at radius 3 is 2.71 bits per heavy atom. The second-order valence-electron chi connectivity index (χ2n) is 9.28. The summed E-state index contributed by atoms with van der Waals surface area (Å²) in [4.78, 5) is 9.91. The van der Waals surface area contributed by atoms with E-state index >= 15 is 0 Å². The van der Waals surface area contributed by atoms with E-state index in [2.05, 4.69) is 30.8 Å². The summed E-state index contributed by atoms with van der Waals surface area (Å²) in [5.74, 6) is -0.231. The number of alkyl halides is 3. The van der Waals surface area contributed by atoms with Crippen LogP contribution in [0.2, 0.25) is 0 Å². The monoisotopic (exact) mass is 495 g/mol. The van der Waals surface area contributed by atoms with Gasteiger partial charge in [0.25, 0.3) is 5.95 Å². The third-order valence-corrected chi connectivity index (χ3v) is 6.27. The van der Waals surface area contributed by atoms with E-state index in [9.17, 15) is 17.6 Å². The number of ether oxygens (including phenoxy) is 1. The maximum atomic E-state index is 14.2. The number of halogens is 4. The van der Waals surface area contributed by atoms with E-state index < -0.39 is 23.1 Å². The number of piperidine rings is 1. The van der Waals surface area contributed by atoms with Gasteiger partial charge in [0, 0.05) is 36.4 Å². The summed E-state index contributed by atoms with van der Waals surface area (Å²) in [6.07, 6.45) is -1.80. The number of hydrogen-bond donors (Lipinski definition) is 2. The lowest BCUT2D eigenvalue weighted by molar-refractivity contribution is -0.137. The molecule has 1 aromatic heterocycles. The molecule has 0 spiro atoms. The third kappa shape index (κ3) is 6.43. The number of benzene rings is 1. The van der Waals surface area contributed by atoms with E-state index in [1.807, 2.05) is 13.8 Å². The van der Waals surface area contributed by atoms with Gasteiger partial charge in [-0.2, -0.15) is 23.3 Å². The molecule has 2 saturated heterocycles. The Morgan fingerprint density at radius 2 is 2.00 bits per heavy atom. The van der Waals surface area contributed by atoms with Crippen molar-refractivity contribution < 1.29 is 22.3 Å². The SMILES string of the molecule is CC1(C)NC(CN=Nc2ncc(F)c(N3CCOCC3)n2)CCC1Nc1cccc(C(F)(F)F)c1. The van der Waals surface area contributed by atoms with Gasteiger partial charge in [-0.15, -0.1) is 5.11 Å². The molecule has 2 fully saturated rings. The van der Waals surface area contributed by atoms with Gasteiger partial charge in [-0.1, -0.05) is 6.07 Å².